The molecule has 0 aromatic heterocycles. The van der Waals surface area contributed by atoms with Crippen molar-refractivity contribution in [3.63, 3.8) is 0 Å². The Morgan fingerprint density at radius 2 is 1.71 bits per heavy atom. The third-order valence-corrected chi connectivity index (χ3v) is 6.54. The lowest BCUT2D eigenvalue weighted by molar-refractivity contribution is -0.118. The number of ketones is 1. The summed E-state index contributed by atoms with van der Waals surface area (Å²) in [5.41, 5.74) is 8.72. The minimum atomic E-state index is -0.766. The number of carbonyl (C=O) groups excluding carboxylic acids is 1. The molecular formula is C27H29N3O5. The molecule has 1 heterocycles. The number of carbonyl (C=O) groups is 1. The summed E-state index contributed by atoms with van der Waals surface area (Å²) in [7, 11) is 4.55. The van der Waals surface area contributed by atoms with E-state index in [-0.39, 0.29) is 28.3 Å². The fourth-order valence-electron chi connectivity index (χ4n) is 5.04. The van der Waals surface area contributed by atoms with Gasteiger partial charge in [-0.1, -0.05) is 32.0 Å². The third-order valence-electron chi connectivity index (χ3n) is 6.54. The van der Waals surface area contributed by atoms with Gasteiger partial charge < -0.3 is 25.1 Å². The number of phenolic OH excluding ortho intramolecular Hbond substituents is 1. The first-order chi connectivity index (χ1) is 16.7. The minimum Gasteiger partial charge on any atom is -0.508 e. The van der Waals surface area contributed by atoms with E-state index in [1.807, 2.05) is 13.8 Å². The second-order valence-corrected chi connectivity index (χ2v) is 9.42. The zero-order chi connectivity index (χ0) is 25.5. The Kier molecular flexibility index (Phi) is 6.12. The lowest BCUT2D eigenvalue weighted by Crippen LogP contribution is -2.42. The molecule has 2 aromatic rings. The van der Waals surface area contributed by atoms with Crippen molar-refractivity contribution in [3.05, 3.63) is 64.6 Å². The van der Waals surface area contributed by atoms with E-state index in [4.69, 9.17) is 19.9 Å². The minimum absolute atomic E-state index is 0.00349. The number of nitriles is 1. The van der Waals surface area contributed by atoms with Gasteiger partial charge in [0.05, 0.1) is 44.6 Å². The number of nitrogens with zero attached hydrogens (tertiary/aromatic N) is 2. The summed E-state index contributed by atoms with van der Waals surface area (Å²) >= 11 is 0. The Hall–Kier alpha value is -4.12. The van der Waals surface area contributed by atoms with Gasteiger partial charge in [-0.15, -0.1) is 0 Å². The number of allylic oxidation sites excluding steroid dienone is 3. The van der Waals surface area contributed by atoms with Crippen LogP contribution in [0.15, 0.2) is 59.1 Å². The predicted octanol–water partition coefficient (Wildman–Crippen LogP) is 4.36. The van der Waals surface area contributed by atoms with Gasteiger partial charge in [0.1, 0.15) is 11.6 Å². The zero-order valence-corrected chi connectivity index (χ0v) is 20.5. The third kappa shape index (κ3) is 3.93. The summed E-state index contributed by atoms with van der Waals surface area (Å²) in [4.78, 5) is 15.4. The Balaban J connectivity index is 2.04. The fraction of sp³-hybridized carbons (Fsp3) is 0.333. The van der Waals surface area contributed by atoms with Crippen LogP contribution in [-0.2, 0) is 4.79 Å². The van der Waals surface area contributed by atoms with Gasteiger partial charge in [-0.25, -0.2) is 0 Å². The van der Waals surface area contributed by atoms with E-state index in [1.165, 1.54) is 21.3 Å². The molecule has 8 nitrogen and oxygen atoms in total. The molecule has 2 aliphatic rings. The Bertz CT molecular complexity index is 1280. The molecule has 0 fully saturated rings. The monoisotopic (exact) mass is 475 g/mol. The van der Waals surface area contributed by atoms with Gasteiger partial charge in [0.25, 0.3) is 0 Å². The fourth-order valence-corrected chi connectivity index (χ4v) is 5.04. The van der Waals surface area contributed by atoms with Crippen molar-refractivity contribution in [2.24, 2.45) is 11.1 Å². The summed E-state index contributed by atoms with van der Waals surface area (Å²) in [6.45, 7) is 4.05. The van der Waals surface area contributed by atoms with Gasteiger partial charge in [0.2, 0.25) is 5.75 Å². The largest absolute Gasteiger partial charge is 0.508 e. The number of benzene rings is 2. The molecule has 1 aliphatic carbocycles. The number of Topliss-reactive ketones (excluding diaryl/α,β-unsaturated/α-hetero) is 1. The van der Waals surface area contributed by atoms with E-state index in [0.29, 0.717) is 52.6 Å². The first kappa shape index (κ1) is 24.0. The number of para-hydroxylation sites is 1. The topological polar surface area (TPSA) is 118 Å². The molecular weight excluding hydrogens is 446 g/mol. The van der Waals surface area contributed by atoms with Gasteiger partial charge in [0.15, 0.2) is 17.3 Å². The molecule has 182 valence electrons. The van der Waals surface area contributed by atoms with Crippen molar-refractivity contribution >= 4 is 11.5 Å². The lowest BCUT2D eigenvalue weighted by atomic mass is 9.68. The maximum absolute atomic E-state index is 13.6. The maximum atomic E-state index is 13.6. The molecule has 35 heavy (non-hydrogen) atoms. The number of hydrogen-bond donors (Lipinski definition) is 2. The second kappa shape index (κ2) is 8.91. The van der Waals surface area contributed by atoms with Crippen LogP contribution in [0.4, 0.5) is 5.69 Å². The molecule has 1 unspecified atom stereocenters. The van der Waals surface area contributed by atoms with E-state index in [1.54, 1.807) is 41.3 Å². The van der Waals surface area contributed by atoms with Gasteiger partial charge in [-0.2, -0.15) is 5.26 Å². The molecule has 2 aromatic carbocycles. The van der Waals surface area contributed by atoms with Crippen molar-refractivity contribution in [3.8, 4) is 29.1 Å². The van der Waals surface area contributed by atoms with Crippen LogP contribution in [0.5, 0.6) is 23.0 Å². The zero-order valence-electron chi connectivity index (χ0n) is 20.5. The Morgan fingerprint density at radius 1 is 1.09 bits per heavy atom. The number of aromatic hydroxyl groups is 1. The van der Waals surface area contributed by atoms with Crippen LogP contribution in [-0.4, -0.2) is 32.2 Å². The number of hydrogen-bond acceptors (Lipinski definition) is 8. The van der Waals surface area contributed by atoms with Crippen molar-refractivity contribution < 1.29 is 24.1 Å². The predicted molar refractivity (Wildman–Crippen MR) is 131 cm³/mol. The quantitative estimate of drug-likeness (QED) is 0.655. The number of ether oxygens (including phenoxy) is 3. The summed E-state index contributed by atoms with van der Waals surface area (Å²) in [5.74, 6) is 0.586. The highest BCUT2D eigenvalue weighted by molar-refractivity contribution is 6.02. The number of phenols is 1. The van der Waals surface area contributed by atoms with E-state index < -0.39 is 5.92 Å². The van der Waals surface area contributed by atoms with Crippen LogP contribution >= 0.6 is 0 Å². The molecule has 0 saturated carbocycles. The van der Waals surface area contributed by atoms with Crippen molar-refractivity contribution in [2.75, 3.05) is 26.2 Å². The summed E-state index contributed by atoms with van der Waals surface area (Å²) < 4.78 is 16.5. The lowest BCUT2D eigenvalue weighted by Gasteiger charge is -2.44. The molecule has 0 radical (unpaired) electrons. The van der Waals surface area contributed by atoms with Crippen molar-refractivity contribution in [1.82, 2.24) is 0 Å². The number of methoxy groups -OCH3 is 3. The van der Waals surface area contributed by atoms with Crippen LogP contribution in [0, 0.1) is 16.7 Å². The number of rotatable bonds is 5. The van der Waals surface area contributed by atoms with Gasteiger partial charge in [-0.05, 0) is 17.9 Å². The summed E-state index contributed by atoms with van der Waals surface area (Å²) in [6, 6.07) is 12.4. The first-order valence-corrected chi connectivity index (χ1v) is 11.2. The van der Waals surface area contributed by atoms with Crippen LogP contribution in [0.25, 0.3) is 0 Å². The number of nitrogens with two attached hydrogens (primary N) is 1. The normalized spacial score (nSPS) is 19.3. The van der Waals surface area contributed by atoms with Gasteiger partial charge in [-0.3, -0.25) is 9.69 Å². The molecule has 0 saturated heterocycles. The number of anilines is 1. The Labute approximate surface area is 204 Å². The van der Waals surface area contributed by atoms with Gasteiger partial charge in [0, 0.05) is 35.4 Å². The van der Waals surface area contributed by atoms with Crippen LogP contribution in [0.3, 0.4) is 0 Å². The van der Waals surface area contributed by atoms with E-state index in [0.717, 1.165) is 0 Å². The SMILES string of the molecule is COc1cc(N2C(N)=C(C#N)C(c3ccccc3O)C3=C2CC(C)(C)CC3=O)cc(OC)c1OC. The van der Waals surface area contributed by atoms with Crippen LogP contribution < -0.4 is 24.8 Å². The second-order valence-electron chi connectivity index (χ2n) is 9.42. The van der Waals surface area contributed by atoms with Crippen LogP contribution in [0.2, 0.25) is 0 Å². The summed E-state index contributed by atoms with van der Waals surface area (Å²) in [6.07, 6.45) is 0.853. The standard InChI is InChI=1S/C27H29N3O5/c1-27(2)12-18-24(20(32)13-27)23(16-8-6-7-9-19(16)31)17(14-28)26(29)30(18)15-10-21(33-3)25(35-5)22(11-15)34-4/h6-11,23,31H,12-13,29H2,1-5H3. The average Bonchev–Trinajstić information content (AvgIpc) is 2.82. The molecule has 0 bridgehead atoms. The Morgan fingerprint density at radius 3 is 2.26 bits per heavy atom. The molecule has 3 N–H and O–H groups in total. The summed E-state index contributed by atoms with van der Waals surface area (Å²) in [5, 5.41) is 20.9. The molecule has 4 rings (SSSR count). The molecule has 0 amide bonds. The van der Waals surface area contributed by atoms with Crippen LogP contribution in [0.1, 0.15) is 38.2 Å². The van der Waals surface area contributed by atoms with E-state index in [9.17, 15) is 15.2 Å². The smallest absolute Gasteiger partial charge is 0.203 e. The van der Waals surface area contributed by atoms with E-state index >= 15 is 0 Å². The molecule has 8 heteroatoms. The highest BCUT2D eigenvalue weighted by atomic mass is 16.5. The highest BCUT2D eigenvalue weighted by Crippen LogP contribution is 2.52. The van der Waals surface area contributed by atoms with Gasteiger partial charge >= 0.3 is 0 Å². The molecule has 1 aliphatic heterocycles. The maximum Gasteiger partial charge on any atom is 0.203 e. The van der Waals surface area contributed by atoms with Crippen molar-refractivity contribution in [2.45, 2.75) is 32.6 Å². The first-order valence-electron chi connectivity index (χ1n) is 11.2. The van der Waals surface area contributed by atoms with E-state index in [2.05, 4.69) is 6.07 Å². The molecule has 0 spiro atoms. The highest BCUT2D eigenvalue weighted by Gasteiger charge is 2.45. The van der Waals surface area contributed by atoms with Crippen molar-refractivity contribution in [1.29, 1.82) is 5.26 Å². The molecule has 1 atom stereocenters. The average molecular weight is 476 g/mol.